The smallest absolute Gasteiger partial charge is 0.274 e. The zero-order chi connectivity index (χ0) is 18.7. The standard InChI is InChI=1S/C20H19FN4O/c1-12-5-4-6-17(14(12)3)24-20-22-13(2)11-18(25-20)19(26)23-16-9-7-15(21)8-10-16/h4-11H,1-3H3,(H,23,26)(H,22,24,25). The van der Waals surface area contributed by atoms with Gasteiger partial charge in [0.1, 0.15) is 11.5 Å². The summed E-state index contributed by atoms with van der Waals surface area (Å²) in [6.07, 6.45) is 0. The minimum absolute atomic E-state index is 0.231. The quantitative estimate of drug-likeness (QED) is 0.725. The van der Waals surface area contributed by atoms with Crippen LogP contribution in [0.15, 0.2) is 48.5 Å². The molecule has 3 rings (SSSR count). The molecule has 1 aromatic heterocycles. The van der Waals surface area contributed by atoms with Gasteiger partial charge in [-0.05, 0) is 68.3 Å². The second-order valence-corrected chi connectivity index (χ2v) is 6.05. The van der Waals surface area contributed by atoms with Gasteiger partial charge in [0.25, 0.3) is 5.91 Å². The summed E-state index contributed by atoms with van der Waals surface area (Å²) < 4.78 is 13.0. The van der Waals surface area contributed by atoms with E-state index in [9.17, 15) is 9.18 Å². The Hall–Kier alpha value is -3.28. The van der Waals surface area contributed by atoms with E-state index in [1.807, 2.05) is 32.0 Å². The van der Waals surface area contributed by atoms with Crippen LogP contribution in [-0.4, -0.2) is 15.9 Å². The molecule has 132 valence electrons. The van der Waals surface area contributed by atoms with E-state index in [-0.39, 0.29) is 17.4 Å². The van der Waals surface area contributed by atoms with Crippen LogP contribution in [0, 0.1) is 26.6 Å². The number of carbonyl (C=O) groups excluding carboxylic acids is 1. The maximum atomic E-state index is 13.0. The van der Waals surface area contributed by atoms with Gasteiger partial charge in [0.15, 0.2) is 0 Å². The minimum Gasteiger partial charge on any atom is -0.324 e. The molecular weight excluding hydrogens is 331 g/mol. The van der Waals surface area contributed by atoms with Crippen molar-refractivity contribution < 1.29 is 9.18 Å². The minimum atomic E-state index is -0.383. The van der Waals surface area contributed by atoms with Crippen LogP contribution in [0.5, 0.6) is 0 Å². The van der Waals surface area contributed by atoms with Gasteiger partial charge in [0.05, 0.1) is 0 Å². The number of rotatable bonds is 4. The SMILES string of the molecule is Cc1cc(C(=O)Nc2ccc(F)cc2)nc(Nc2cccc(C)c2C)n1. The number of carbonyl (C=O) groups is 1. The summed E-state index contributed by atoms with van der Waals surface area (Å²) in [5, 5.41) is 5.87. The van der Waals surface area contributed by atoms with Crippen LogP contribution in [0.4, 0.5) is 21.7 Å². The van der Waals surface area contributed by atoms with Gasteiger partial charge in [-0.15, -0.1) is 0 Å². The van der Waals surface area contributed by atoms with Gasteiger partial charge in [-0.1, -0.05) is 12.1 Å². The Morgan fingerprint density at radius 3 is 2.46 bits per heavy atom. The Bertz CT molecular complexity index is 955. The summed E-state index contributed by atoms with van der Waals surface area (Å²) in [6, 6.07) is 13.1. The molecule has 3 aromatic rings. The Kier molecular flexibility index (Phi) is 4.93. The predicted molar refractivity (Wildman–Crippen MR) is 100 cm³/mol. The summed E-state index contributed by atoms with van der Waals surface area (Å²) in [5.41, 5.74) is 4.52. The number of aryl methyl sites for hydroxylation is 2. The molecule has 6 heteroatoms. The van der Waals surface area contributed by atoms with E-state index in [2.05, 4.69) is 20.6 Å². The second kappa shape index (κ2) is 7.31. The molecule has 1 amide bonds. The lowest BCUT2D eigenvalue weighted by Crippen LogP contribution is -2.15. The maximum Gasteiger partial charge on any atom is 0.274 e. The number of hydrogen-bond acceptors (Lipinski definition) is 4. The molecule has 5 nitrogen and oxygen atoms in total. The molecule has 0 fully saturated rings. The third-order valence-electron chi connectivity index (χ3n) is 4.04. The Labute approximate surface area is 151 Å². The van der Waals surface area contributed by atoms with Crippen LogP contribution in [0.1, 0.15) is 27.3 Å². The van der Waals surface area contributed by atoms with E-state index in [0.717, 1.165) is 16.8 Å². The van der Waals surface area contributed by atoms with E-state index in [4.69, 9.17) is 0 Å². The fourth-order valence-electron chi connectivity index (χ4n) is 2.48. The van der Waals surface area contributed by atoms with E-state index < -0.39 is 0 Å². The molecule has 2 aromatic carbocycles. The first-order valence-corrected chi connectivity index (χ1v) is 8.18. The highest BCUT2D eigenvalue weighted by Crippen LogP contribution is 2.21. The molecule has 0 unspecified atom stereocenters. The lowest BCUT2D eigenvalue weighted by molar-refractivity contribution is 0.102. The third kappa shape index (κ3) is 4.03. The summed E-state index contributed by atoms with van der Waals surface area (Å²) in [5.74, 6) is -0.394. The average Bonchev–Trinajstić information content (AvgIpc) is 2.60. The van der Waals surface area contributed by atoms with Crippen molar-refractivity contribution in [1.29, 1.82) is 0 Å². The highest BCUT2D eigenvalue weighted by molar-refractivity contribution is 6.03. The van der Waals surface area contributed by atoms with Crippen LogP contribution in [0.25, 0.3) is 0 Å². The largest absolute Gasteiger partial charge is 0.324 e. The molecule has 1 heterocycles. The van der Waals surface area contributed by atoms with Crippen molar-refractivity contribution in [3.05, 3.63) is 76.9 Å². The fraction of sp³-hybridized carbons (Fsp3) is 0.150. The van der Waals surface area contributed by atoms with Crippen LogP contribution in [0.2, 0.25) is 0 Å². The molecule has 0 atom stereocenters. The Morgan fingerprint density at radius 2 is 1.73 bits per heavy atom. The van der Waals surface area contributed by atoms with Crippen LogP contribution < -0.4 is 10.6 Å². The van der Waals surface area contributed by atoms with Gasteiger partial charge in [-0.3, -0.25) is 4.79 Å². The predicted octanol–water partition coefficient (Wildman–Crippen LogP) is 4.54. The van der Waals surface area contributed by atoms with Gasteiger partial charge >= 0.3 is 0 Å². The highest BCUT2D eigenvalue weighted by Gasteiger charge is 2.12. The number of halogens is 1. The number of benzene rings is 2. The van der Waals surface area contributed by atoms with Crippen molar-refractivity contribution in [2.24, 2.45) is 0 Å². The third-order valence-corrected chi connectivity index (χ3v) is 4.04. The van der Waals surface area contributed by atoms with Crippen LogP contribution >= 0.6 is 0 Å². The van der Waals surface area contributed by atoms with Crippen molar-refractivity contribution in [1.82, 2.24) is 9.97 Å². The number of nitrogens with zero attached hydrogens (tertiary/aromatic N) is 2. The van der Waals surface area contributed by atoms with E-state index >= 15 is 0 Å². The van der Waals surface area contributed by atoms with Crippen molar-refractivity contribution in [3.63, 3.8) is 0 Å². The molecule has 0 aliphatic rings. The second-order valence-electron chi connectivity index (χ2n) is 6.05. The zero-order valence-corrected chi connectivity index (χ0v) is 14.8. The summed E-state index contributed by atoms with van der Waals surface area (Å²) in [7, 11) is 0. The molecule has 0 aliphatic heterocycles. The summed E-state index contributed by atoms with van der Waals surface area (Å²) in [6.45, 7) is 5.83. The lowest BCUT2D eigenvalue weighted by atomic mass is 10.1. The van der Waals surface area contributed by atoms with Gasteiger partial charge in [-0.2, -0.15) is 0 Å². The molecule has 2 N–H and O–H groups in total. The normalized spacial score (nSPS) is 10.5. The van der Waals surface area contributed by atoms with Gasteiger partial charge < -0.3 is 10.6 Å². The number of aromatic nitrogens is 2. The fourth-order valence-corrected chi connectivity index (χ4v) is 2.48. The van der Waals surface area contributed by atoms with Crippen LogP contribution in [-0.2, 0) is 0 Å². The molecular formula is C20H19FN4O. The number of anilines is 3. The molecule has 0 aliphatic carbocycles. The van der Waals surface area contributed by atoms with Gasteiger partial charge in [-0.25, -0.2) is 14.4 Å². The molecule has 0 spiro atoms. The van der Waals surface area contributed by atoms with Crippen molar-refractivity contribution in [2.45, 2.75) is 20.8 Å². The van der Waals surface area contributed by atoms with Gasteiger partial charge in [0.2, 0.25) is 5.95 Å². The highest BCUT2D eigenvalue weighted by atomic mass is 19.1. The first kappa shape index (κ1) is 17.5. The number of amides is 1. The first-order valence-electron chi connectivity index (χ1n) is 8.18. The number of hydrogen-bond donors (Lipinski definition) is 2. The molecule has 0 saturated carbocycles. The first-order chi connectivity index (χ1) is 12.4. The zero-order valence-electron chi connectivity index (χ0n) is 14.8. The summed E-state index contributed by atoms with van der Waals surface area (Å²) >= 11 is 0. The average molecular weight is 350 g/mol. The van der Waals surface area contributed by atoms with E-state index in [0.29, 0.717) is 17.3 Å². The van der Waals surface area contributed by atoms with Crippen molar-refractivity contribution in [2.75, 3.05) is 10.6 Å². The van der Waals surface area contributed by atoms with E-state index in [1.54, 1.807) is 13.0 Å². The van der Waals surface area contributed by atoms with Crippen molar-refractivity contribution in [3.8, 4) is 0 Å². The maximum absolute atomic E-state index is 13.0. The topological polar surface area (TPSA) is 66.9 Å². The Morgan fingerprint density at radius 1 is 1.00 bits per heavy atom. The van der Waals surface area contributed by atoms with Gasteiger partial charge in [0, 0.05) is 17.1 Å². The number of nitrogens with one attached hydrogen (secondary N) is 2. The van der Waals surface area contributed by atoms with Crippen LogP contribution in [0.3, 0.4) is 0 Å². The molecule has 0 radical (unpaired) electrons. The molecule has 0 saturated heterocycles. The monoisotopic (exact) mass is 350 g/mol. The molecule has 26 heavy (non-hydrogen) atoms. The Balaban J connectivity index is 1.84. The lowest BCUT2D eigenvalue weighted by Gasteiger charge is -2.12. The van der Waals surface area contributed by atoms with E-state index in [1.165, 1.54) is 24.3 Å². The molecule has 0 bridgehead atoms. The van der Waals surface area contributed by atoms with Crippen molar-refractivity contribution >= 4 is 23.2 Å². The summed E-state index contributed by atoms with van der Waals surface area (Å²) in [4.78, 5) is 21.1.